The van der Waals surface area contributed by atoms with Crippen LogP contribution in [0.2, 0.25) is 0 Å². The highest BCUT2D eigenvalue weighted by molar-refractivity contribution is 5.92. The number of carbonyl (C=O) groups excluding carboxylic acids is 1. The van der Waals surface area contributed by atoms with E-state index in [-0.39, 0.29) is 31.3 Å². The van der Waals surface area contributed by atoms with Crippen molar-refractivity contribution in [2.24, 2.45) is 0 Å². The zero-order valence-corrected chi connectivity index (χ0v) is 10.2. The number of hydrogen-bond donors (Lipinski definition) is 1. The predicted octanol–water partition coefficient (Wildman–Crippen LogP) is 1.22. The summed E-state index contributed by atoms with van der Waals surface area (Å²) in [6, 6.07) is 0. The van der Waals surface area contributed by atoms with Gasteiger partial charge in [0.15, 0.2) is 5.69 Å². The Morgan fingerprint density at radius 1 is 1.53 bits per heavy atom. The van der Waals surface area contributed by atoms with E-state index in [0.717, 1.165) is 0 Å². The quantitative estimate of drug-likeness (QED) is 0.626. The molecule has 0 saturated heterocycles. The molecule has 6 nitrogen and oxygen atoms in total. The van der Waals surface area contributed by atoms with Gasteiger partial charge in [-0.1, -0.05) is 0 Å². The van der Waals surface area contributed by atoms with Crippen molar-refractivity contribution >= 4 is 11.8 Å². The molecule has 0 bridgehead atoms. The average molecular weight is 281 g/mol. The number of aromatic nitrogens is 2. The number of carbonyl (C=O) groups is 1. The molecule has 9 heteroatoms. The summed E-state index contributed by atoms with van der Waals surface area (Å²) in [5.74, 6) is -0.635. The molecule has 0 aliphatic heterocycles. The third kappa shape index (κ3) is 4.78. The maximum Gasteiger partial charge on any atom is 0.411 e. The first kappa shape index (κ1) is 15.3. The highest BCUT2D eigenvalue weighted by Gasteiger charge is 2.27. The Bertz CT molecular complexity index is 431. The van der Waals surface area contributed by atoms with E-state index >= 15 is 0 Å². The van der Waals surface area contributed by atoms with E-state index in [4.69, 9.17) is 10.5 Å². The molecule has 0 saturated carbocycles. The SMILES string of the molecule is CCOC(=O)c1ncn(CCOCC(F)(F)F)c1N. The second-order valence-electron chi connectivity index (χ2n) is 3.56. The zero-order chi connectivity index (χ0) is 14.5. The van der Waals surface area contributed by atoms with E-state index in [9.17, 15) is 18.0 Å². The fourth-order valence-electron chi connectivity index (χ4n) is 1.28. The second-order valence-corrected chi connectivity index (χ2v) is 3.56. The smallest absolute Gasteiger partial charge is 0.411 e. The molecule has 0 amide bonds. The van der Waals surface area contributed by atoms with E-state index in [2.05, 4.69) is 9.72 Å². The molecule has 0 aliphatic rings. The van der Waals surface area contributed by atoms with E-state index in [0.29, 0.717) is 0 Å². The van der Waals surface area contributed by atoms with E-state index < -0.39 is 18.8 Å². The lowest BCUT2D eigenvalue weighted by Crippen LogP contribution is -2.19. The van der Waals surface area contributed by atoms with Gasteiger partial charge in [0.25, 0.3) is 0 Å². The van der Waals surface area contributed by atoms with Crippen LogP contribution in [0.15, 0.2) is 6.33 Å². The first-order chi connectivity index (χ1) is 8.85. The minimum Gasteiger partial charge on any atom is -0.461 e. The molecule has 1 heterocycles. The number of rotatable bonds is 6. The van der Waals surface area contributed by atoms with E-state index in [1.807, 2.05) is 0 Å². The fourth-order valence-corrected chi connectivity index (χ4v) is 1.28. The van der Waals surface area contributed by atoms with Gasteiger partial charge in [-0.05, 0) is 6.92 Å². The largest absolute Gasteiger partial charge is 0.461 e. The number of anilines is 1. The monoisotopic (exact) mass is 281 g/mol. The summed E-state index contributed by atoms with van der Waals surface area (Å²) in [5.41, 5.74) is 5.57. The number of nitrogens with two attached hydrogens (primary N) is 1. The second kappa shape index (κ2) is 6.41. The standard InChI is InChI=1S/C10H14F3N3O3/c1-2-19-9(17)7-8(14)16(6-15-7)3-4-18-5-10(11,12)13/h6H,2-5,14H2,1H3. The molecule has 0 spiro atoms. The lowest BCUT2D eigenvalue weighted by atomic mass is 10.4. The molecule has 0 radical (unpaired) electrons. The summed E-state index contributed by atoms with van der Waals surface area (Å²) in [6.07, 6.45) is -3.12. The summed E-state index contributed by atoms with van der Waals surface area (Å²) in [6.45, 7) is 0.360. The van der Waals surface area contributed by atoms with Crippen molar-refractivity contribution in [1.29, 1.82) is 0 Å². The van der Waals surface area contributed by atoms with Gasteiger partial charge in [0.2, 0.25) is 0 Å². The highest BCUT2D eigenvalue weighted by atomic mass is 19.4. The van der Waals surface area contributed by atoms with Gasteiger partial charge < -0.3 is 19.8 Å². The minimum absolute atomic E-state index is 0.0362. The Labute approximate surface area is 107 Å². The Kier molecular flexibility index (Phi) is 5.16. The number of hydrogen-bond acceptors (Lipinski definition) is 5. The van der Waals surface area contributed by atoms with Crippen molar-refractivity contribution in [3.05, 3.63) is 12.0 Å². The molecular weight excluding hydrogens is 267 g/mol. The first-order valence-corrected chi connectivity index (χ1v) is 5.47. The van der Waals surface area contributed by atoms with Gasteiger partial charge in [-0.15, -0.1) is 0 Å². The van der Waals surface area contributed by atoms with Crippen LogP contribution in [0, 0.1) is 0 Å². The maximum absolute atomic E-state index is 11.8. The lowest BCUT2D eigenvalue weighted by molar-refractivity contribution is -0.174. The molecule has 108 valence electrons. The van der Waals surface area contributed by atoms with Crippen LogP contribution in [0.4, 0.5) is 19.0 Å². The molecule has 0 fully saturated rings. The van der Waals surface area contributed by atoms with Gasteiger partial charge in [-0.25, -0.2) is 9.78 Å². The van der Waals surface area contributed by atoms with Crippen molar-refractivity contribution in [3.63, 3.8) is 0 Å². The Balaban J connectivity index is 2.50. The first-order valence-electron chi connectivity index (χ1n) is 5.47. The molecular formula is C10H14F3N3O3. The Morgan fingerprint density at radius 3 is 2.79 bits per heavy atom. The van der Waals surface area contributed by atoms with Gasteiger partial charge in [0, 0.05) is 6.54 Å². The Hall–Kier alpha value is -1.77. The number of nitrogen functional groups attached to an aromatic ring is 1. The van der Waals surface area contributed by atoms with Crippen LogP contribution < -0.4 is 5.73 Å². The summed E-state index contributed by atoms with van der Waals surface area (Å²) < 4.78 is 45.9. The van der Waals surface area contributed by atoms with Crippen LogP contribution in [0.5, 0.6) is 0 Å². The topological polar surface area (TPSA) is 79.4 Å². The van der Waals surface area contributed by atoms with Gasteiger partial charge >= 0.3 is 12.1 Å². The van der Waals surface area contributed by atoms with Crippen molar-refractivity contribution in [2.75, 3.05) is 25.6 Å². The summed E-state index contributed by atoms with van der Waals surface area (Å²) in [7, 11) is 0. The molecule has 0 unspecified atom stereocenters. The van der Waals surface area contributed by atoms with Crippen molar-refractivity contribution < 1.29 is 27.4 Å². The van der Waals surface area contributed by atoms with Crippen LogP contribution in [-0.2, 0) is 16.0 Å². The van der Waals surface area contributed by atoms with Gasteiger partial charge in [0.05, 0.1) is 19.5 Å². The van der Waals surface area contributed by atoms with Crippen LogP contribution in [0.1, 0.15) is 17.4 Å². The van der Waals surface area contributed by atoms with Crippen LogP contribution in [-0.4, -0.2) is 41.5 Å². The molecule has 19 heavy (non-hydrogen) atoms. The minimum atomic E-state index is -4.36. The number of halogens is 3. The average Bonchev–Trinajstić information content (AvgIpc) is 2.65. The summed E-state index contributed by atoms with van der Waals surface area (Å²) >= 11 is 0. The van der Waals surface area contributed by atoms with Crippen molar-refractivity contribution in [2.45, 2.75) is 19.6 Å². The third-order valence-corrected chi connectivity index (χ3v) is 2.09. The summed E-state index contributed by atoms with van der Waals surface area (Å²) in [5, 5.41) is 0. The Morgan fingerprint density at radius 2 is 2.21 bits per heavy atom. The number of nitrogens with zero attached hydrogens (tertiary/aromatic N) is 2. The number of imidazole rings is 1. The molecule has 1 aromatic rings. The molecule has 0 aromatic carbocycles. The number of alkyl halides is 3. The van der Waals surface area contributed by atoms with Gasteiger partial charge in [0.1, 0.15) is 12.4 Å². The fraction of sp³-hybridized carbons (Fsp3) is 0.600. The van der Waals surface area contributed by atoms with E-state index in [1.165, 1.54) is 10.9 Å². The van der Waals surface area contributed by atoms with Crippen molar-refractivity contribution in [3.8, 4) is 0 Å². The van der Waals surface area contributed by atoms with Crippen LogP contribution >= 0.6 is 0 Å². The van der Waals surface area contributed by atoms with Crippen LogP contribution in [0.25, 0.3) is 0 Å². The normalized spacial score (nSPS) is 11.6. The van der Waals surface area contributed by atoms with Gasteiger partial charge in [-0.3, -0.25) is 0 Å². The highest BCUT2D eigenvalue weighted by Crippen LogP contribution is 2.15. The number of ether oxygens (including phenoxy) is 2. The predicted molar refractivity (Wildman–Crippen MR) is 59.5 cm³/mol. The third-order valence-electron chi connectivity index (χ3n) is 2.09. The molecule has 2 N–H and O–H groups in total. The number of esters is 1. The maximum atomic E-state index is 11.8. The molecule has 1 rings (SSSR count). The molecule has 0 atom stereocenters. The zero-order valence-electron chi connectivity index (χ0n) is 10.2. The molecule has 0 aliphatic carbocycles. The van der Waals surface area contributed by atoms with Crippen molar-refractivity contribution in [1.82, 2.24) is 9.55 Å². The molecule has 1 aromatic heterocycles. The van der Waals surface area contributed by atoms with Crippen LogP contribution in [0.3, 0.4) is 0 Å². The van der Waals surface area contributed by atoms with Gasteiger partial charge in [-0.2, -0.15) is 13.2 Å². The lowest BCUT2D eigenvalue weighted by Gasteiger charge is -2.08. The van der Waals surface area contributed by atoms with E-state index in [1.54, 1.807) is 6.92 Å². The summed E-state index contributed by atoms with van der Waals surface area (Å²) in [4.78, 5) is 15.1.